The molecule has 3 aromatic rings. The summed E-state index contributed by atoms with van der Waals surface area (Å²) in [5.74, 6) is -0.166. The molecule has 1 aromatic heterocycles. The molecule has 0 saturated heterocycles. The van der Waals surface area contributed by atoms with Gasteiger partial charge < -0.3 is 16.0 Å². The number of hydrogen-bond acceptors (Lipinski definition) is 2. The second-order valence-corrected chi connectivity index (χ2v) is 6.36. The van der Waals surface area contributed by atoms with E-state index in [-0.39, 0.29) is 18.3 Å². The van der Waals surface area contributed by atoms with Crippen LogP contribution in [0.3, 0.4) is 0 Å². The van der Waals surface area contributed by atoms with E-state index < -0.39 is 6.04 Å². The number of rotatable bonds is 4. The van der Waals surface area contributed by atoms with Crippen LogP contribution < -0.4 is 11.1 Å². The van der Waals surface area contributed by atoms with Crippen molar-refractivity contribution in [3.8, 4) is 0 Å². The molecule has 0 aliphatic rings. The Labute approximate surface area is 154 Å². The Balaban J connectivity index is 0.00000225. The minimum Gasteiger partial charge on any atom is -0.358 e. The molecule has 0 aliphatic heterocycles. The predicted molar refractivity (Wildman–Crippen MR) is 105 cm³/mol. The summed E-state index contributed by atoms with van der Waals surface area (Å²) in [4.78, 5) is 15.6. The van der Waals surface area contributed by atoms with Crippen molar-refractivity contribution in [1.82, 2.24) is 10.3 Å². The summed E-state index contributed by atoms with van der Waals surface area (Å²) >= 11 is 0. The van der Waals surface area contributed by atoms with E-state index in [2.05, 4.69) is 36.3 Å². The number of amides is 1. The van der Waals surface area contributed by atoms with Crippen LogP contribution in [0.4, 0.5) is 0 Å². The van der Waals surface area contributed by atoms with E-state index >= 15 is 0 Å². The zero-order valence-electron chi connectivity index (χ0n) is 14.7. The first-order chi connectivity index (χ1) is 11.5. The highest BCUT2D eigenvalue weighted by atomic mass is 35.5. The average Bonchev–Trinajstić information content (AvgIpc) is 2.87. The number of aryl methyl sites for hydroxylation is 3. The van der Waals surface area contributed by atoms with Crippen LogP contribution >= 0.6 is 12.4 Å². The number of aromatic nitrogens is 1. The van der Waals surface area contributed by atoms with E-state index in [1.807, 2.05) is 37.3 Å². The minimum atomic E-state index is -0.648. The molecule has 132 valence electrons. The fourth-order valence-corrected chi connectivity index (χ4v) is 2.84. The molecular formula is C20H24ClN3O. The van der Waals surface area contributed by atoms with E-state index in [0.717, 1.165) is 22.2 Å². The normalized spacial score (nSPS) is 11.8. The fourth-order valence-electron chi connectivity index (χ4n) is 2.84. The van der Waals surface area contributed by atoms with Gasteiger partial charge in [0.2, 0.25) is 5.91 Å². The Bertz CT molecular complexity index is 884. The van der Waals surface area contributed by atoms with E-state index in [4.69, 9.17) is 5.73 Å². The van der Waals surface area contributed by atoms with Gasteiger partial charge in [-0.05, 0) is 49.6 Å². The van der Waals surface area contributed by atoms with Gasteiger partial charge in [-0.3, -0.25) is 4.79 Å². The molecule has 1 amide bonds. The first kappa shape index (κ1) is 19.0. The molecule has 4 N–H and O–H groups in total. The van der Waals surface area contributed by atoms with Gasteiger partial charge in [0.05, 0.1) is 0 Å². The van der Waals surface area contributed by atoms with Gasteiger partial charge in [0.25, 0.3) is 0 Å². The summed E-state index contributed by atoms with van der Waals surface area (Å²) in [7, 11) is 0. The maximum atomic E-state index is 12.3. The van der Waals surface area contributed by atoms with Crippen molar-refractivity contribution >= 4 is 29.2 Å². The van der Waals surface area contributed by atoms with Crippen LogP contribution in [0.25, 0.3) is 10.9 Å². The Hall–Kier alpha value is -2.30. The van der Waals surface area contributed by atoms with Gasteiger partial charge in [0.1, 0.15) is 6.04 Å². The number of nitrogens with one attached hydrogen (secondary N) is 2. The monoisotopic (exact) mass is 357 g/mol. The molecule has 1 unspecified atom stereocenters. The molecule has 0 fully saturated rings. The smallest absolute Gasteiger partial charge is 0.241 e. The summed E-state index contributed by atoms with van der Waals surface area (Å²) in [6.07, 6.45) is 0. The van der Waals surface area contributed by atoms with Gasteiger partial charge in [-0.25, -0.2) is 0 Å². The third-order valence-electron chi connectivity index (χ3n) is 4.56. The Morgan fingerprint density at radius 3 is 2.48 bits per heavy atom. The molecule has 3 rings (SSSR count). The molecule has 1 heterocycles. The second-order valence-electron chi connectivity index (χ2n) is 6.36. The highest BCUT2D eigenvalue weighted by Crippen LogP contribution is 2.22. The number of benzene rings is 2. The largest absolute Gasteiger partial charge is 0.358 e. The molecular weight excluding hydrogens is 334 g/mol. The molecule has 0 radical (unpaired) electrons. The van der Waals surface area contributed by atoms with Crippen LogP contribution in [0, 0.1) is 20.8 Å². The molecule has 5 heteroatoms. The van der Waals surface area contributed by atoms with Crippen molar-refractivity contribution in [3.63, 3.8) is 0 Å². The summed E-state index contributed by atoms with van der Waals surface area (Å²) in [5.41, 5.74) is 12.6. The van der Waals surface area contributed by atoms with Crippen LogP contribution in [0.15, 0.2) is 42.5 Å². The number of H-pyrrole nitrogens is 1. The number of halogens is 1. The topological polar surface area (TPSA) is 70.9 Å². The van der Waals surface area contributed by atoms with Crippen LogP contribution in [-0.2, 0) is 11.3 Å². The Kier molecular flexibility index (Phi) is 5.88. The third kappa shape index (κ3) is 4.03. The van der Waals surface area contributed by atoms with E-state index in [1.165, 1.54) is 16.6 Å². The molecule has 25 heavy (non-hydrogen) atoms. The van der Waals surface area contributed by atoms with Crippen LogP contribution in [-0.4, -0.2) is 10.9 Å². The predicted octanol–water partition coefficient (Wildman–Crippen LogP) is 3.83. The van der Waals surface area contributed by atoms with Gasteiger partial charge in [-0.15, -0.1) is 12.4 Å². The number of aromatic amines is 1. The number of hydrogen-bond donors (Lipinski definition) is 3. The summed E-state index contributed by atoms with van der Waals surface area (Å²) in [6.45, 7) is 6.65. The molecule has 0 aliphatic carbocycles. The maximum Gasteiger partial charge on any atom is 0.241 e. The van der Waals surface area contributed by atoms with Crippen molar-refractivity contribution in [2.75, 3.05) is 0 Å². The third-order valence-corrected chi connectivity index (χ3v) is 4.56. The van der Waals surface area contributed by atoms with E-state index in [0.29, 0.717) is 6.54 Å². The van der Waals surface area contributed by atoms with Gasteiger partial charge in [0.15, 0.2) is 0 Å². The Morgan fingerprint density at radius 1 is 1.12 bits per heavy atom. The van der Waals surface area contributed by atoms with E-state index in [9.17, 15) is 4.79 Å². The van der Waals surface area contributed by atoms with Crippen LogP contribution in [0.1, 0.15) is 34.0 Å². The fraction of sp³-hybridized carbons (Fsp3) is 0.250. The minimum absolute atomic E-state index is 0. The van der Waals surface area contributed by atoms with Gasteiger partial charge >= 0.3 is 0 Å². The number of carbonyl (C=O) groups is 1. The summed E-state index contributed by atoms with van der Waals surface area (Å²) < 4.78 is 0. The maximum absolute atomic E-state index is 12.3. The average molecular weight is 358 g/mol. The number of nitrogens with two attached hydrogens (primary N) is 1. The second kappa shape index (κ2) is 7.72. The van der Waals surface area contributed by atoms with Gasteiger partial charge in [0, 0.05) is 23.1 Å². The molecule has 4 nitrogen and oxygen atoms in total. The SMILES string of the molecule is Cc1ccc(C(N)C(=O)NCc2ccc3[nH]c(C)c(C)c3c2)cc1.Cl. The lowest BCUT2D eigenvalue weighted by Crippen LogP contribution is -2.33. The van der Waals surface area contributed by atoms with Crippen molar-refractivity contribution in [2.24, 2.45) is 5.73 Å². The highest BCUT2D eigenvalue weighted by molar-refractivity contribution is 5.86. The standard InChI is InChI=1S/C20H23N3O.ClH/c1-12-4-7-16(8-5-12)19(21)20(24)22-11-15-6-9-18-17(10-15)13(2)14(3)23-18;/h4-10,19,23H,11,21H2,1-3H3,(H,22,24);1H. The lowest BCUT2D eigenvalue weighted by atomic mass is 10.0. The zero-order valence-corrected chi connectivity index (χ0v) is 15.5. The Morgan fingerprint density at radius 2 is 1.80 bits per heavy atom. The zero-order chi connectivity index (χ0) is 17.3. The quantitative estimate of drug-likeness (QED) is 0.664. The van der Waals surface area contributed by atoms with Crippen LogP contribution in [0.2, 0.25) is 0 Å². The van der Waals surface area contributed by atoms with Crippen molar-refractivity contribution in [1.29, 1.82) is 0 Å². The van der Waals surface area contributed by atoms with Crippen molar-refractivity contribution in [2.45, 2.75) is 33.4 Å². The van der Waals surface area contributed by atoms with E-state index in [1.54, 1.807) is 0 Å². The van der Waals surface area contributed by atoms with Gasteiger partial charge in [-0.2, -0.15) is 0 Å². The molecule has 0 saturated carbocycles. The van der Waals surface area contributed by atoms with Gasteiger partial charge in [-0.1, -0.05) is 35.9 Å². The lowest BCUT2D eigenvalue weighted by molar-refractivity contribution is -0.122. The first-order valence-electron chi connectivity index (χ1n) is 8.13. The van der Waals surface area contributed by atoms with Crippen LogP contribution in [0.5, 0.6) is 0 Å². The number of carbonyl (C=O) groups excluding carboxylic acids is 1. The van der Waals surface area contributed by atoms with Crippen molar-refractivity contribution < 1.29 is 4.79 Å². The summed E-state index contributed by atoms with van der Waals surface area (Å²) in [6, 6.07) is 13.3. The lowest BCUT2D eigenvalue weighted by Gasteiger charge is -2.13. The molecule has 1 atom stereocenters. The highest BCUT2D eigenvalue weighted by Gasteiger charge is 2.15. The molecule has 0 spiro atoms. The number of fused-ring (bicyclic) bond motifs is 1. The first-order valence-corrected chi connectivity index (χ1v) is 8.13. The summed E-state index contributed by atoms with van der Waals surface area (Å²) in [5, 5.41) is 4.13. The molecule has 2 aromatic carbocycles. The molecule has 0 bridgehead atoms. The van der Waals surface area contributed by atoms with Crippen molar-refractivity contribution in [3.05, 3.63) is 70.4 Å².